The molecule has 106 valence electrons. The first-order chi connectivity index (χ1) is 10.0. The third-order valence-electron chi connectivity index (χ3n) is 3.36. The minimum absolute atomic E-state index is 0.00224. The highest BCUT2D eigenvalue weighted by molar-refractivity contribution is 5.93. The number of hydrogen-bond donors (Lipinski definition) is 0. The number of hydrogen-bond acceptors (Lipinski definition) is 5. The van der Waals surface area contributed by atoms with Gasteiger partial charge in [-0.15, -0.1) is 0 Å². The molecule has 2 heterocycles. The van der Waals surface area contributed by atoms with Crippen LogP contribution in [0.4, 0.5) is 0 Å². The van der Waals surface area contributed by atoms with Crippen LogP contribution in [0.1, 0.15) is 10.5 Å². The van der Waals surface area contributed by atoms with E-state index in [1.807, 2.05) is 0 Å². The Labute approximate surface area is 118 Å². The quantitative estimate of drug-likeness (QED) is 0.499. The molecular formula is C15H11NO5. The zero-order valence-corrected chi connectivity index (χ0v) is 11.4. The highest BCUT2D eigenvalue weighted by Crippen LogP contribution is 2.16. The van der Waals surface area contributed by atoms with Crippen molar-refractivity contribution in [2.24, 2.45) is 7.05 Å². The third kappa shape index (κ3) is 1.84. The molecule has 0 N–H and O–H groups in total. The summed E-state index contributed by atoms with van der Waals surface area (Å²) < 4.78 is 11.5. The fraction of sp³-hybridized carbons (Fsp3) is 0.133. The molecule has 0 radical (unpaired) electrons. The van der Waals surface area contributed by atoms with E-state index in [0.717, 1.165) is 6.07 Å². The number of pyridine rings is 1. The molecule has 2 aromatic heterocycles. The molecule has 0 saturated carbocycles. The van der Waals surface area contributed by atoms with E-state index in [1.165, 1.54) is 18.7 Å². The van der Waals surface area contributed by atoms with Gasteiger partial charge in [0.1, 0.15) is 16.8 Å². The molecular weight excluding hydrogens is 274 g/mol. The van der Waals surface area contributed by atoms with Gasteiger partial charge in [-0.3, -0.25) is 9.59 Å². The van der Waals surface area contributed by atoms with Crippen LogP contribution in [-0.2, 0) is 11.8 Å². The lowest BCUT2D eigenvalue weighted by Crippen LogP contribution is -2.21. The number of aromatic nitrogens is 1. The molecule has 0 fully saturated rings. The van der Waals surface area contributed by atoms with Crippen LogP contribution in [0.15, 0.2) is 44.3 Å². The standard InChI is InChI=1S/C15H11NO5/c1-16-9(15(19)20-2)7-10(17)14-12(16)13(18)8-5-3-4-6-11(8)21-14/h3-7H,1-2H3. The molecule has 3 aromatic rings. The van der Waals surface area contributed by atoms with Gasteiger partial charge in [0.2, 0.25) is 16.4 Å². The summed E-state index contributed by atoms with van der Waals surface area (Å²) in [6, 6.07) is 7.74. The molecule has 6 nitrogen and oxygen atoms in total. The number of rotatable bonds is 1. The Bertz CT molecular complexity index is 997. The zero-order valence-electron chi connectivity index (χ0n) is 11.4. The summed E-state index contributed by atoms with van der Waals surface area (Å²) in [6.45, 7) is 0. The minimum Gasteiger partial charge on any atom is -0.464 e. The molecule has 0 atom stereocenters. The van der Waals surface area contributed by atoms with Crippen molar-refractivity contribution < 1.29 is 13.9 Å². The number of esters is 1. The van der Waals surface area contributed by atoms with Gasteiger partial charge in [0.25, 0.3) is 0 Å². The highest BCUT2D eigenvalue weighted by atomic mass is 16.5. The molecule has 0 bridgehead atoms. The average molecular weight is 285 g/mol. The Balaban J connectivity index is 2.58. The largest absolute Gasteiger partial charge is 0.464 e. The van der Waals surface area contributed by atoms with Crippen molar-refractivity contribution in [1.82, 2.24) is 4.57 Å². The lowest BCUT2D eigenvalue weighted by atomic mass is 10.2. The monoisotopic (exact) mass is 285 g/mol. The van der Waals surface area contributed by atoms with Gasteiger partial charge in [0.05, 0.1) is 12.5 Å². The maximum atomic E-state index is 12.6. The first kappa shape index (κ1) is 13.1. The SMILES string of the molecule is COC(=O)c1cc(=O)c2oc3ccccc3c(=O)c2n1C. The summed E-state index contributed by atoms with van der Waals surface area (Å²) in [5.74, 6) is -0.691. The van der Waals surface area contributed by atoms with Crippen molar-refractivity contribution in [3.8, 4) is 0 Å². The first-order valence-corrected chi connectivity index (χ1v) is 6.18. The van der Waals surface area contributed by atoms with E-state index in [4.69, 9.17) is 4.42 Å². The van der Waals surface area contributed by atoms with E-state index in [1.54, 1.807) is 24.3 Å². The molecule has 0 unspecified atom stereocenters. The molecule has 0 amide bonds. The van der Waals surface area contributed by atoms with E-state index in [0.29, 0.717) is 11.0 Å². The van der Waals surface area contributed by atoms with E-state index >= 15 is 0 Å². The number of fused-ring (bicyclic) bond motifs is 2. The van der Waals surface area contributed by atoms with E-state index in [2.05, 4.69) is 4.74 Å². The molecule has 0 aliphatic rings. The molecule has 3 rings (SSSR count). The smallest absolute Gasteiger partial charge is 0.354 e. The van der Waals surface area contributed by atoms with Gasteiger partial charge in [0.15, 0.2) is 0 Å². The summed E-state index contributed by atoms with van der Waals surface area (Å²) in [6.07, 6.45) is 0. The Hall–Kier alpha value is -2.89. The lowest BCUT2D eigenvalue weighted by molar-refractivity contribution is 0.0589. The summed E-state index contributed by atoms with van der Waals surface area (Å²) in [4.78, 5) is 36.4. The number of carbonyl (C=O) groups excluding carboxylic acids is 1. The van der Waals surface area contributed by atoms with Crippen LogP contribution in [0, 0.1) is 0 Å². The number of methoxy groups -OCH3 is 1. The molecule has 0 spiro atoms. The predicted octanol–water partition coefficient (Wildman–Crippen LogP) is 1.43. The van der Waals surface area contributed by atoms with Gasteiger partial charge >= 0.3 is 5.97 Å². The van der Waals surface area contributed by atoms with Crippen LogP contribution in [0.5, 0.6) is 0 Å². The lowest BCUT2D eigenvalue weighted by Gasteiger charge is -2.10. The fourth-order valence-corrected chi connectivity index (χ4v) is 2.31. The fourth-order valence-electron chi connectivity index (χ4n) is 2.31. The molecule has 6 heteroatoms. The molecule has 21 heavy (non-hydrogen) atoms. The average Bonchev–Trinajstić information content (AvgIpc) is 2.50. The van der Waals surface area contributed by atoms with Gasteiger partial charge in [-0.1, -0.05) is 12.1 Å². The summed E-state index contributed by atoms with van der Waals surface area (Å²) >= 11 is 0. The molecule has 0 aliphatic heterocycles. The first-order valence-electron chi connectivity index (χ1n) is 6.18. The maximum Gasteiger partial charge on any atom is 0.354 e. The normalized spacial score (nSPS) is 11.0. The Kier molecular flexibility index (Phi) is 2.86. The Morgan fingerprint density at radius 2 is 1.95 bits per heavy atom. The zero-order chi connectivity index (χ0) is 15.1. The Morgan fingerprint density at radius 1 is 1.24 bits per heavy atom. The van der Waals surface area contributed by atoms with Crippen molar-refractivity contribution in [2.75, 3.05) is 7.11 Å². The van der Waals surface area contributed by atoms with Crippen LogP contribution in [0.25, 0.3) is 22.1 Å². The van der Waals surface area contributed by atoms with Gasteiger partial charge in [-0.05, 0) is 12.1 Å². The van der Waals surface area contributed by atoms with Gasteiger partial charge < -0.3 is 13.7 Å². The summed E-state index contributed by atoms with van der Waals surface area (Å²) in [5, 5.41) is 0.349. The van der Waals surface area contributed by atoms with Crippen LogP contribution in [0.2, 0.25) is 0 Å². The van der Waals surface area contributed by atoms with Gasteiger partial charge in [-0.2, -0.15) is 0 Å². The summed E-state index contributed by atoms with van der Waals surface area (Å²) in [7, 11) is 2.72. The van der Waals surface area contributed by atoms with Crippen molar-refractivity contribution in [1.29, 1.82) is 0 Å². The number of ether oxygens (including phenoxy) is 1. The number of para-hydroxylation sites is 1. The van der Waals surface area contributed by atoms with Crippen LogP contribution >= 0.6 is 0 Å². The van der Waals surface area contributed by atoms with Crippen molar-refractivity contribution in [3.63, 3.8) is 0 Å². The van der Waals surface area contributed by atoms with Gasteiger partial charge in [0, 0.05) is 13.1 Å². The number of aryl methyl sites for hydroxylation is 1. The van der Waals surface area contributed by atoms with Crippen LogP contribution < -0.4 is 10.9 Å². The van der Waals surface area contributed by atoms with Crippen LogP contribution in [0.3, 0.4) is 0 Å². The second-order valence-corrected chi connectivity index (χ2v) is 4.55. The molecule has 0 saturated heterocycles. The molecule has 1 aromatic carbocycles. The van der Waals surface area contributed by atoms with E-state index in [9.17, 15) is 14.4 Å². The summed E-state index contributed by atoms with van der Waals surface area (Å²) in [5.41, 5.74) is -0.602. The van der Waals surface area contributed by atoms with E-state index < -0.39 is 11.4 Å². The maximum absolute atomic E-state index is 12.6. The number of benzene rings is 1. The molecule has 0 aliphatic carbocycles. The van der Waals surface area contributed by atoms with Gasteiger partial charge in [-0.25, -0.2) is 4.79 Å². The number of carbonyl (C=O) groups is 1. The minimum atomic E-state index is -0.691. The van der Waals surface area contributed by atoms with Crippen molar-refractivity contribution in [3.05, 3.63) is 56.5 Å². The number of nitrogens with zero attached hydrogens (tertiary/aromatic N) is 1. The third-order valence-corrected chi connectivity index (χ3v) is 3.36. The highest BCUT2D eigenvalue weighted by Gasteiger charge is 2.18. The second-order valence-electron chi connectivity index (χ2n) is 4.55. The van der Waals surface area contributed by atoms with Crippen molar-refractivity contribution in [2.45, 2.75) is 0 Å². The topological polar surface area (TPSA) is 78.5 Å². The predicted molar refractivity (Wildman–Crippen MR) is 76.6 cm³/mol. The second kappa shape index (κ2) is 4.59. The van der Waals surface area contributed by atoms with Crippen molar-refractivity contribution >= 4 is 28.0 Å². The Morgan fingerprint density at radius 3 is 2.67 bits per heavy atom. The van der Waals surface area contributed by atoms with Crippen LogP contribution in [-0.4, -0.2) is 17.6 Å². The van der Waals surface area contributed by atoms with E-state index in [-0.39, 0.29) is 22.2 Å².